The normalized spacial score (nSPS) is 17.2. The number of aromatic hydroxyl groups is 1. The van der Waals surface area contributed by atoms with Crippen molar-refractivity contribution in [3.05, 3.63) is 54.1 Å². The van der Waals surface area contributed by atoms with Crippen LogP contribution in [0, 0.1) is 0 Å². The van der Waals surface area contributed by atoms with E-state index in [1.807, 2.05) is 18.2 Å². The number of benzene rings is 2. The van der Waals surface area contributed by atoms with Gasteiger partial charge in [-0.25, -0.2) is 4.99 Å². The van der Waals surface area contributed by atoms with E-state index in [0.717, 1.165) is 70.7 Å². The molecule has 0 bridgehead atoms. The summed E-state index contributed by atoms with van der Waals surface area (Å²) in [5, 5.41) is 13.6. The van der Waals surface area contributed by atoms with Crippen LogP contribution in [0.3, 0.4) is 0 Å². The zero-order valence-corrected chi connectivity index (χ0v) is 21.1. The highest BCUT2D eigenvalue weighted by Crippen LogP contribution is 2.27. The van der Waals surface area contributed by atoms with Crippen molar-refractivity contribution in [1.82, 2.24) is 10.2 Å². The Balaban J connectivity index is 0.00000289. The van der Waals surface area contributed by atoms with E-state index >= 15 is 0 Å². The van der Waals surface area contributed by atoms with Crippen molar-refractivity contribution in [2.75, 3.05) is 68.8 Å². The van der Waals surface area contributed by atoms with Gasteiger partial charge in [-0.2, -0.15) is 0 Å². The second kappa shape index (κ2) is 12.2. The summed E-state index contributed by atoms with van der Waals surface area (Å²) in [4.78, 5) is 11.9. The summed E-state index contributed by atoms with van der Waals surface area (Å²) in [6, 6.07) is 16.1. The summed E-state index contributed by atoms with van der Waals surface area (Å²) in [7, 11) is 0. The van der Waals surface area contributed by atoms with Crippen molar-refractivity contribution in [1.29, 1.82) is 0 Å². The van der Waals surface area contributed by atoms with E-state index in [9.17, 15) is 5.11 Å². The first-order valence-electron chi connectivity index (χ1n) is 11.2. The van der Waals surface area contributed by atoms with Crippen LogP contribution in [0.4, 0.5) is 11.4 Å². The Hall–Kier alpha value is -2.20. The number of anilines is 2. The van der Waals surface area contributed by atoms with Gasteiger partial charge in [0, 0.05) is 51.5 Å². The molecular formula is C24H34IN5O2. The summed E-state index contributed by atoms with van der Waals surface area (Å²) in [5.41, 5.74) is 3.41. The second-order valence-electron chi connectivity index (χ2n) is 7.86. The van der Waals surface area contributed by atoms with Gasteiger partial charge in [-0.15, -0.1) is 24.0 Å². The van der Waals surface area contributed by atoms with Gasteiger partial charge in [-0.05, 0) is 30.7 Å². The van der Waals surface area contributed by atoms with E-state index in [-0.39, 0.29) is 24.0 Å². The number of nitrogens with one attached hydrogen (secondary N) is 1. The largest absolute Gasteiger partial charge is 0.506 e. The zero-order chi connectivity index (χ0) is 21.5. The van der Waals surface area contributed by atoms with Crippen LogP contribution in [0.1, 0.15) is 12.5 Å². The molecule has 2 heterocycles. The zero-order valence-electron chi connectivity index (χ0n) is 18.7. The van der Waals surface area contributed by atoms with Gasteiger partial charge in [0.2, 0.25) is 0 Å². The molecule has 0 aromatic heterocycles. The van der Waals surface area contributed by atoms with Gasteiger partial charge in [-0.3, -0.25) is 0 Å². The van der Waals surface area contributed by atoms with E-state index < -0.39 is 0 Å². The number of rotatable bonds is 5. The fourth-order valence-electron chi connectivity index (χ4n) is 4.23. The SMILES string of the molecule is CCNC(=NCc1ccccc1N1CCOCC1)N1CCN(c2ccccc2O)CC1.I. The molecule has 32 heavy (non-hydrogen) atoms. The lowest BCUT2D eigenvalue weighted by Crippen LogP contribution is -2.52. The molecule has 0 atom stereocenters. The Kier molecular flexibility index (Phi) is 9.28. The van der Waals surface area contributed by atoms with Gasteiger partial charge in [-0.1, -0.05) is 30.3 Å². The molecule has 2 saturated heterocycles. The van der Waals surface area contributed by atoms with Crippen LogP contribution in [0.5, 0.6) is 5.75 Å². The fourth-order valence-corrected chi connectivity index (χ4v) is 4.23. The van der Waals surface area contributed by atoms with Crippen molar-refractivity contribution < 1.29 is 9.84 Å². The summed E-state index contributed by atoms with van der Waals surface area (Å²) >= 11 is 0. The van der Waals surface area contributed by atoms with Crippen molar-refractivity contribution in [2.45, 2.75) is 13.5 Å². The smallest absolute Gasteiger partial charge is 0.194 e. The molecule has 2 aromatic rings. The average Bonchev–Trinajstić information content (AvgIpc) is 2.83. The Bertz CT molecular complexity index is 880. The number of morpholine rings is 1. The highest BCUT2D eigenvalue weighted by molar-refractivity contribution is 14.0. The first kappa shape index (κ1) is 24.4. The molecule has 8 heteroatoms. The van der Waals surface area contributed by atoms with Crippen LogP contribution >= 0.6 is 24.0 Å². The molecule has 2 aliphatic heterocycles. The van der Waals surface area contributed by atoms with Crippen LogP contribution < -0.4 is 15.1 Å². The number of guanidine groups is 1. The number of piperazine rings is 1. The number of ether oxygens (including phenoxy) is 1. The second-order valence-corrected chi connectivity index (χ2v) is 7.86. The molecule has 0 amide bonds. The molecule has 0 radical (unpaired) electrons. The predicted octanol–water partition coefficient (Wildman–Crippen LogP) is 3.13. The van der Waals surface area contributed by atoms with Crippen LogP contribution in [0.2, 0.25) is 0 Å². The van der Waals surface area contributed by atoms with Crippen molar-refractivity contribution >= 4 is 41.3 Å². The predicted molar refractivity (Wildman–Crippen MR) is 142 cm³/mol. The minimum absolute atomic E-state index is 0. The molecule has 0 aliphatic carbocycles. The van der Waals surface area contributed by atoms with E-state index in [1.165, 1.54) is 11.3 Å². The van der Waals surface area contributed by atoms with Crippen LogP contribution in [0.15, 0.2) is 53.5 Å². The average molecular weight is 551 g/mol. The van der Waals surface area contributed by atoms with Gasteiger partial charge in [0.05, 0.1) is 25.4 Å². The molecule has 2 fully saturated rings. The van der Waals surface area contributed by atoms with E-state index in [0.29, 0.717) is 12.3 Å². The van der Waals surface area contributed by atoms with Gasteiger partial charge in [0.1, 0.15) is 5.75 Å². The van der Waals surface area contributed by atoms with Crippen LogP contribution in [-0.4, -0.2) is 75.0 Å². The number of para-hydroxylation sites is 3. The summed E-state index contributed by atoms with van der Waals surface area (Å²) < 4.78 is 5.51. The van der Waals surface area contributed by atoms with Gasteiger partial charge < -0.3 is 29.9 Å². The third-order valence-electron chi connectivity index (χ3n) is 5.88. The monoisotopic (exact) mass is 551 g/mol. The maximum Gasteiger partial charge on any atom is 0.194 e. The topological polar surface area (TPSA) is 63.6 Å². The van der Waals surface area contributed by atoms with Crippen LogP contribution in [0.25, 0.3) is 0 Å². The first-order chi connectivity index (χ1) is 15.3. The summed E-state index contributed by atoms with van der Waals surface area (Å²) in [6.07, 6.45) is 0. The third-order valence-corrected chi connectivity index (χ3v) is 5.88. The summed E-state index contributed by atoms with van der Waals surface area (Å²) in [6.45, 7) is 10.4. The quantitative estimate of drug-likeness (QED) is 0.339. The number of halogens is 1. The fraction of sp³-hybridized carbons (Fsp3) is 0.458. The van der Waals surface area contributed by atoms with Crippen molar-refractivity contribution in [3.63, 3.8) is 0 Å². The van der Waals surface area contributed by atoms with Gasteiger partial charge >= 0.3 is 0 Å². The number of hydrogen-bond donors (Lipinski definition) is 2. The lowest BCUT2D eigenvalue weighted by atomic mass is 10.1. The molecule has 0 saturated carbocycles. The lowest BCUT2D eigenvalue weighted by molar-refractivity contribution is 0.122. The molecule has 0 unspecified atom stereocenters. The van der Waals surface area contributed by atoms with Crippen LogP contribution in [-0.2, 0) is 11.3 Å². The molecule has 7 nitrogen and oxygen atoms in total. The lowest BCUT2D eigenvalue weighted by Gasteiger charge is -2.38. The number of phenols is 1. The van der Waals surface area contributed by atoms with E-state index in [1.54, 1.807) is 6.07 Å². The van der Waals surface area contributed by atoms with E-state index in [2.05, 4.69) is 51.2 Å². The minimum atomic E-state index is 0. The molecule has 2 aliphatic rings. The van der Waals surface area contributed by atoms with Crippen molar-refractivity contribution in [3.8, 4) is 5.75 Å². The minimum Gasteiger partial charge on any atom is -0.506 e. The highest BCUT2D eigenvalue weighted by Gasteiger charge is 2.21. The van der Waals surface area contributed by atoms with E-state index in [4.69, 9.17) is 9.73 Å². The Morgan fingerprint density at radius 1 is 0.906 bits per heavy atom. The Morgan fingerprint density at radius 2 is 1.53 bits per heavy atom. The molecule has 2 aromatic carbocycles. The Labute approximate surface area is 208 Å². The Morgan fingerprint density at radius 3 is 2.22 bits per heavy atom. The molecular weight excluding hydrogens is 517 g/mol. The van der Waals surface area contributed by atoms with Gasteiger partial charge in [0.25, 0.3) is 0 Å². The standard InChI is InChI=1S/C24H33N5O2.HI/c1-2-25-24(29-13-11-27(12-14-29)22-9-5-6-10-23(22)30)26-19-20-7-3-4-8-21(20)28-15-17-31-18-16-28;/h3-10,30H,2,11-19H2,1H3,(H,25,26);1H. The number of hydrogen-bond acceptors (Lipinski definition) is 5. The third kappa shape index (κ3) is 5.98. The molecule has 0 spiro atoms. The van der Waals surface area contributed by atoms with Gasteiger partial charge in [0.15, 0.2) is 5.96 Å². The molecule has 174 valence electrons. The summed E-state index contributed by atoms with van der Waals surface area (Å²) in [5.74, 6) is 1.30. The highest BCUT2D eigenvalue weighted by atomic mass is 127. The number of aliphatic imine (C=N–C) groups is 1. The molecule has 2 N–H and O–H groups in total. The maximum absolute atomic E-state index is 10.2. The molecule has 4 rings (SSSR count). The van der Waals surface area contributed by atoms with Crippen molar-refractivity contribution in [2.24, 2.45) is 4.99 Å². The first-order valence-corrected chi connectivity index (χ1v) is 11.2. The maximum atomic E-state index is 10.2. The number of phenolic OH excluding ortho intramolecular Hbond substituents is 1. The number of nitrogens with zero attached hydrogens (tertiary/aromatic N) is 4.